The highest BCUT2D eigenvalue weighted by Crippen LogP contribution is 2.29. The minimum atomic E-state index is -4.39. The molecular weight excluding hydrogens is 359 g/mol. The molecule has 2 aromatic heterocycles. The van der Waals surface area contributed by atoms with Gasteiger partial charge in [0.1, 0.15) is 0 Å². The highest BCUT2D eigenvalue weighted by atomic mass is 19.4. The Balaban J connectivity index is 1.74. The number of carbonyl (C=O) groups is 1. The van der Waals surface area contributed by atoms with Crippen LogP contribution in [0.25, 0.3) is 0 Å². The molecule has 0 aliphatic rings. The summed E-state index contributed by atoms with van der Waals surface area (Å²) in [6.07, 6.45) is -2.69. The van der Waals surface area contributed by atoms with Crippen molar-refractivity contribution in [3.8, 4) is 0 Å². The maximum atomic E-state index is 12.8. The number of hydrogen-bond acceptors (Lipinski definition) is 3. The molecule has 0 radical (unpaired) electrons. The maximum absolute atomic E-state index is 12.8. The number of amides is 1. The van der Waals surface area contributed by atoms with Gasteiger partial charge in [0.25, 0.3) is 5.91 Å². The first-order valence-corrected chi connectivity index (χ1v) is 8.31. The quantitative estimate of drug-likeness (QED) is 0.737. The van der Waals surface area contributed by atoms with Crippen LogP contribution in [0.15, 0.2) is 42.6 Å². The van der Waals surface area contributed by atoms with Gasteiger partial charge in [-0.25, -0.2) is 0 Å². The zero-order chi connectivity index (χ0) is 19.6. The smallest absolute Gasteiger partial charge is 0.304 e. The predicted molar refractivity (Wildman–Crippen MR) is 93.4 cm³/mol. The average molecular weight is 377 g/mol. The van der Waals surface area contributed by atoms with Crippen LogP contribution in [0.5, 0.6) is 0 Å². The lowest BCUT2D eigenvalue weighted by atomic mass is 10.1. The number of rotatable bonds is 5. The van der Waals surface area contributed by atoms with E-state index in [1.54, 1.807) is 36.0 Å². The number of alkyl halides is 3. The molecule has 2 heterocycles. The third-order valence-corrected chi connectivity index (χ3v) is 4.01. The lowest BCUT2D eigenvalue weighted by Crippen LogP contribution is -2.14. The van der Waals surface area contributed by atoms with Crippen LogP contribution in [-0.2, 0) is 19.3 Å². The van der Waals surface area contributed by atoms with Gasteiger partial charge in [-0.05, 0) is 37.6 Å². The van der Waals surface area contributed by atoms with Crippen LogP contribution < -0.4 is 5.32 Å². The topological polar surface area (TPSA) is 64.7 Å². The van der Waals surface area contributed by atoms with Crippen molar-refractivity contribution in [2.75, 3.05) is 5.32 Å². The van der Waals surface area contributed by atoms with Gasteiger partial charge in [0.15, 0.2) is 11.5 Å². The molecule has 3 rings (SSSR count). The molecule has 0 atom stereocenters. The summed E-state index contributed by atoms with van der Waals surface area (Å²) in [6.45, 7) is 4.49. The minimum absolute atomic E-state index is 0.163. The van der Waals surface area contributed by atoms with Crippen molar-refractivity contribution in [3.63, 3.8) is 0 Å². The fourth-order valence-electron chi connectivity index (χ4n) is 2.59. The SMILES string of the molecule is CCn1ccc(C(=O)Nc2cc(C)n(Cc3cccc(C(F)(F)F)c3)n2)n1. The van der Waals surface area contributed by atoms with Crippen LogP contribution in [0.1, 0.15) is 34.2 Å². The monoisotopic (exact) mass is 377 g/mol. The molecule has 0 aliphatic carbocycles. The molecule has 27 heavy (non-hydrogen) atoms. The van der Waals surface area contributed by atoms with Gasteiger partial charge in [0, 0.05) is 24.5 Å². The van der Waals surface area contributed by atoms with Gasteiger partial charge in [0.05, 0.1) is 12.1 Å². The molecule has 0 saturated heterocycles. The summed E-state index contributed by atoms with van der Waals surface area (Å²) in [4.78, 5) is 12.2. The van der Waals surface area contributed by atoms with E-state index in [9.17, 15) is 18.0 Å². The largest absolute Gasteiger partial charge is 0.416 e. The minimum Gasteiger partial charge on any atom is -0.304 e. The van der Waals surface area contributed by atoms with E-state index in [4.69, 9.17) is 0 Å². The Morgan fingerprint density at radius 2 is 1.96 bits per heavy atom. The fraction of sp³-hybridized carbons (Fsp3) is 0.278. The van der Waals surface area contributed by atoms with E-state index in [0.29, 0.717) is 23.6 Å². The molecule has 142 valence electrons. The predicted octanol–water partition coefficient (Wildman–Crippen LogP) is 3.73. The normalized spacial score (nSPS) is 11.6. The first-order chi connectivity index (χ1) is 12.8. The summed E-state index contributed by atoms with van der Waals surface area (Å²) in [5.41, 5.74) is 0.740. The Bertz CT molecular complexity index is 958. The van der Waals surface area contributed by atoms with Crippen LogP contribution in [0.3, 0.4) is 0 Å². The van der Waals surface area contributed by atoms with Crippen LogP contribution in [0.4, 0.5) is 19.0 Å². The molecule has 3 aromatic rings. The third-order valence-electron chi connectivity index (χ3n) is 4.01. The zero-order valence-electron chi connectivity index (χ0n) is 14.8. The van der Waals surface area contributed by atoms with Gasteiger partial charge < -0.3 is 5.32 Å². The zero-order valence-corrected chi connectivity index (χ0v) is 14.8. The van der Waals surface area contributed by atoms with Crippen molar-refractivity contribution in [1.29, 1.82) is 0 Å². The number of aromatic nitrogens is 4. The van der Waals surface area contributed by atoms with Gasteiger partial charge >= 0.3 is 6.18 Å². The Morgan fingerprint density at radius 3 is 2.63 bits per heavy atom. The lowest BCUT2D eigenvalue weighted by molar-refractivity contribution is -0.137. The van der Waals surface area contributed by atoms with Gasteiger partial charge in [-0.3, -0.25) is 14.2 Å². The summed E-state index contributed by atoms with van der Waals surface area (Å²) in [5, 5.41) is 11.0. The highest BCUT2D eigenvalue weighted by molar-refractivity contribution is 6.02. The van der Waals surface area contributed by atoms with Gasteiger partial charge in [-0.1, -0.05) is 12.1 Å². The molecule has 0 fully saturated rings. The summed E-state index contributed by atoms with van der Waals surface area (Å²) < 4.78 is 41.7. The van der Waals surface area contributed by atoms with Crippen molar-refractivity contribution < 1.29 is 18.0 Å². The van der Waals surface area contributed by atoms with Crippen molar-refractivity contribution >= 4 is 11.7 Å². The maximum Gasteiger partial charge on any atom is 0.416 e. The van der Waals surface area contributed by atoms with Gasteiger partial charge in [0.2, 0.25) is 0 Å². The summed E-state index contributed by atoms with van der Waals surface area (Å²) in [5.74, 6) is -0.0820. The second kappa shape index (κ2) is 7.26. The van der Waals surface area contributed by atoms with Crippen molar-refractivity contribution in [2.45, 2.75) is 33.1 Å². The fourth-order valence-corrected chi connectivity index (χ4v) is 2.59. The molecule has 0 bridgehead atoms. The molecule has 9 heteroatoms. The molecule has 1 aromatic carbocycles. The van der Waals surface area contributed by atoms with E-state index in [0.717, 1.165) is 12.1 Å². The second-order valence-electron chi connectivity index (χ2n) is 6.04. The van der Waals surface area contributed by atoms with E-state index in [-0.39, 0.29) is 12.2 Å². The number of nitrogens with one attached hydrogen (secondary N) is 1. The first kappa shape index (κ1) is 18.7. The summed E-state index contributed by atoms with van der Waals surface area (Å²) in [6, 6.07) is 8.35. The van der Waals surface area contributed by atoms with Crippen LogP contribution >= 0.6 is 0 Å². The van der Waals surface area contributed by atoms with Crippen LogP contribution in [0.2, 0.25) is 0 Å². The Morgan fingerprint density at radius 1 is 1.19 bits per heavy atom. The standard InChI is InChI=1S/C18H18F3N5O/c1-3-25-8-7-15(23-25)17(27)22-16-9-12(2)26(24-16)11-13-5-4-6-14(10-13)18(19,20)21/h4-10H,3,11H2,1-2H3,(H,22,24,27). The lowest BCUT2D eigenvalue weighted by Gasteiger charge is -2.09. The molecule has 0 aliphatic heterocycles. The molecule has 0 saturated carbocycles. The average Bonchev–Trinajstić information content (AvgIpc) is 3.21. The number of anilines is 1. The number of aryl methyl sites for hydroxylation is 2. The number of benzene rings is 1. The van der Waals surface area contributed by atoms with E-state index in [1.807, 2.05) is 6.92 Å². The summed E-state index contributed by atoms with van der Waals surface area (Å²) in [7, 11) is 0. The van der Waals surface area contributed by atoms with Crippen LogP contribution in [-0.4, -0.2) is 25.5 Å². The number of carbonyl (C=O) groups excluding carboxylic acids is 1. The molecule has 6 nitrogen and oxygen atoms in total. The van der Waals surface area contributed by atoms with E-state index in [1.165, 1.54) is 10.7 Å². The highest BCUT2D eigenvalue weighted by Gasteiger charge is 2.30. The number of hydrogen-bond donors (Lipinski definition) is 1. The van der Waals surface area contributed by atoms with Crippen molar-refractivity contribution in [3.05, 3.63) is 65.1 Å². The Kier molecular flexibility index (Phi) is 5.02. The van der Waals surface area contributed by atoms with Gasteiger partial charge in [-0.15, -0.1) is 0 Å². The van der Waals surface area contributed by atoms with E-state index < -0.39 is 17.6 Å². The van der Waals surface area contributed by atoms with Crippen LogP contribution in [0, 0.1) is 6.92 Å². The van der Waals surface area contributed by atoms with E-state index in [2.05, 4.69) is 15.5 Å². The Hall–Kier alpha value is -3.10. The second-order valence-corrected chi connectivity index (χ2v) is 6.04. The molecule has 0 spiro atoms. The van der Waals surface area contributed by atoms with E-state index >= 15 is 0 Å². The van der Waals surface area contributed by atoms with Crippen molar-refractivity contribution in [1.82, 2.24) is 19.6 Å². The number of halogens is 3. The first-order valence-electron chi connectivity index (χ1n) is 8.31. The molecule has 0 unspecified atom stereocenters. The third kappa shape index (κ3) is 4.36. The molecule has 1 amide bonds. The Labute approximate surface area is 153 Å². The summed E-state index contributed by atoms with van der Waals surface area (Å²) >= 11 is 0. The molecule has 1 N–H and O–H groups in total. The number of nitrogens with zero attached hydrogens (tertiary/aromatic N) is 4. The van der Waals surface area contributed by atoms with Gasteiger partial charge in [-0.2, -0.15) is 23.4 Å². The molecular formula is C18H18F3N5O. The van der Waals surface area contributed by atoms with Crippen molar-refractivity contribution in [2.24, 2.45) is 0 Å².